The zero-order valence-electron chi connectivity index (χ0n) is 11.3. The van der Waals surface area contributed by atoms with Crippen LogP contribution < -0.4 is 5.32 Å². The molecule has 0 saturated heterocycles. The maximum absolute atomic E-state index is 3.38. The van der Waals surface area contributed by atoms with Gasteiger partial charge in [0.1, 0.15) is 0 Å². The first-order valence-electron chi connectivity index (χ1n) is 6.32. The molecular formula is C15H25N. The monoisotopic (exact) mass is 219 g/mol. The highest BCUT2D eigenvalue weighted by Crippen LogP contribution is 2.21. The van der Waals surface area contributed by atoms with Crippen molar-refractivity contribution in [3.05, 3.63) is 34.9 Å². The normalized spacial score (nSPS) is 14.8. The zero-order valence-corrected chi connectivity index (χ0v) is 11.3. The van der Waals surface area contributed by atoms with Gasteiger partial charge in [-0.1, -0.05) is 31.5 Å². The molecule has 1 nitrogen and oxygen atoms in total. The molecule has 0 fully saturated rings. The van der Waals surface area contributed by atoms with Gasteiger partial charge in [0.15, 0.2) is 0 Å². The summed E-state index contributed by atoms with van der Waals surface area (Å²) >= 11 is 0. The number of nitrogens with one attached hydrogen (secondary N) is 1. The molecule has 16 heavy (non-hydrogen) atoms. The molecule has 0 aliphatic rings. The van der Waals surface area contributed by atoms with Crippen molar-refractivity contribution in [3.63, 3.8) is 0 Å². The van der Waals surface area contributed by atoms with Crippen LogP contribution in [0.2, 0.25) is 0 Å². The Labute approximate surface area is 100 Å². The quantitative estimate of drug-likeness (QED) is 0.799. The molecule has 0 amide bonds. The molecule has 1 aromatic carbocycles. The van der Waals surface area contributed by atoms with E-state index in [4.69, 9.17) is 0 Å². The van der Waals surface area contributed by atoms with Gasteiger partial charge in [0, 0.05) is 6.04 Å². The van der Waals surface area contributed by atoms with Crippen molar-refractivity contribution in [1.82, 2.24) is 5.32 Å². The topological polar surface area (TPSA) is 12.0 Å². The lowest BCUT2D eigenvalue weighted by molar-refractivity contribution is 0.380. The first-order chi connectivity index (χ1) is 7.60. The van der Waals surface area contributed by atoms with Gasteiger partial charge >= 0.3 is 0 Å². The number of rotatable bonds is 5. The maximum Gasteiger partial charge on any atom is 0.00670 e. The number of aryl methyl sites for hydroxylation is 2. The SMILES string of the molecule is CCC(Cc1c(C)cccc1C)C(C)NC. The zero-order chi connectivity index (χ0) is 12.1. The van der Waals surface area contributed by atoms with Crippen LogP contribution in [0.5, 0.6) is 0 Å². The van der Waals surface area contributed by atoms with Crippen LogP contribution in [0.25, 0.3) is 0 Å². The number of hydrogen-bond acceptors (Lipinski definition) is 1. The van der Waals surface area contributed by atoms with Gasteiger partial charge in [0.05, 0.1) is 0 Å². The van der Waals surface area contributed by atoms with Gasteiger partial charge in [-0.15, -0.1) is 0 Å². The van der Waals surface area contributed by atoms with E-state index in [1.54, 1.807) is 0 Å². The van der Waals surface area contributed by atoms with E-state index in [1.165, 1.54) is 29.5 Å². The Morgan fingerprint density at radius 3 is 2.19 bits per heavy atom. The van der Waals surface area contributed by atoms with Crippen LogP contribution in [0.1, 0.15) is 37.0 Å². The van der Waals surface area contributed by atoms with Crippen LogP contribution in [0.15, 0.2) is 18.2 Å². The standard InChI is InChI=1S/C15H25N/c1-6-14(13(4)16-5)10-15-11(2)8-7-9-12(15)3/h7-9,13-14,16H,6,10H2,1-5H3. The van der Waals surface area contributed by atoms with Crippen LogP contribution in [-0.2, 0) is 6.42 Å². The highest BCUT2D eigenvalue weighted by Gasteiger charge is 2.16. The molecule has 1 aromatic rings. The minimum Gasteiger partial charge on any atom is -0.317 e. The van der Waals surface area contributed by atoms with Gasteiger partial charge in [0.2, 0.25) is 0 Å². The predicted octanol–water partition coefficient (Wildman–Crippen LogP) is 3.48. The van der Waals surface area contributed by atoms with E-state index in [0.717, 1.165) is 5.92 Å². The van der Waals surface area contributed by atoms with E-state index in [1.807, 2.05) is 0 Å². The van der Waals surface area contributed by atoms with E-state index < -0.39 is 0 Å². The minimum atomic E-state index is 0.587. The fourth-order valence-electron chi connectivity index (χ4n) is 2.34. The molecule has 90 valence electrons. The molecule has 0 aliphatic carbocycles. The summed E-state index contributed by atoms with van der Waals surface area (Å²) in [6.07, 6.45) is 2.42. The lowest BCUT2D eigenvalue weighted by atomic mass is 9.87. The molecule has 2 unspecified atom stereocenters. The lowest BCUT2D eigenvalue weighted by Gasteiger charge is -2.24. The third-order valence-corrected chi connectivity index (χ3v) is 3.80. The molecule has 0 aromatic heterocycles. The van der Waals surface area contributed by atoms with Crippen LogP contribution in [0, 0.1) is 19.8 Å². The van der Waals surface area contributed by atoms with E-state index in [9.17, 15) is 0 Å². The number of benzene rings is 1. The Kier molecular flexibility index (Phi) is 5.01. The van der Waals surface area contributed by atoms with Crippen molar-refractivity contribution in [2.75, 3.05) is 7.05 Å². The second kappa shape index (κ2) is 6.05. The van der Waals surface area contributed by atoms with E-state index in [2.05, 4.69) is 58.3 Å². The Bertz CT molecular complexity index is 310. The van der Waals surface area contributed by atoms with E-state index in [0.29, 0.717) is 6.04 Å². The van der Waals surface area contributed by atoms with Crippen LogP contribution in [0.4, 0.5) is 0 Å². The Hall–Kier alpha value is -0.820. The molecule has 1 N–H and O–H groups in total. The van der Waals surface area contributed by atoms with Crippen LogP contribution in [-0.4, -0.2) is 13.1 Å². The Balaban J connectivity index is 2.85. The smallest absolute Gasteiger partial charge is 0.00670 e. The first-order valence-corrected chi connectivity index (χ1v) is 6.32. The Morgan fingerprint density at radius 1 is 1.19 bits per heavy atom. The van der Waals surface area contributed by atoms with Crippen molar-refractivity contribution < 1.29 is 0 Å². The summed E-state index contributed by atoms with van der Waals surface area (Å²) in [4.78, 5) is 0. The number of hydrogen-bond donors (Lipinski definition) is 1. The van der Waals surface area contributed by atoms with E-state index in [-0.39, 0.29) is 0 Å². The van der Waals surface area contributed by atoms with Gasteiger partial charge < -0.3 is 5.32 Å². The van der Waals surface area contributed by atoms with Gasteiger partial charge in [-0.25, -0.2) is 0 Å². The molecule has 0 aliphatic heterocycles. The van der Waals surface area contributed by atoms with Crippen molar-refractivity contribution in [3.8, 4) is 0 Å². The molecular weight excluding hydrogens is 194 g/mol. The summed E-state index contributed by atoms with van der Waals surface area (Å²) in [6.45, 7) is 9.01. The fraction of sp³-hybridized carbons (Fsp3) is 0.600. The van der Waals surface area contributed by atoms with Gasteiger partial charge in [-0.05, 0) is 56.8 Å². The molecule has 1 heteroatoms. The Morgan fingerprint density at radius 2 is 1.75 bits per heavy atom. The average molecular weight is 219 g/mol. The van der Waals surface area contributed by atoms with Crippen molar-refractivity contribution >= 4 is 0 Å². The lowest BCUT2D eigenvalue weighted by Crippen LogP contribution is -2.31. The summed E-state index contributed by atoms with van der Waals surface area (Å²) < 4.78 is 0. The predicted molar refractivity (Wildman–Crippen MR) is 71.9 cm³/mol. The highest BCUT2D eigenvalue weighted by molar-refractivity contribution is 5.33. The molecule has 0 bridgehead atoms. The molecule has 0 radical (unpaired) electrons. The molecule has 1 rings (SSSR count). The summed E-state index contributed by atoms with van der Waals surface area (Å²) in [5.74, 6) is 0.727. The minimum absolute atomic E-state index is 0.587. The summed E-state index contributed by atoms with van der Waals surface area (Å²) in [5, 5.41) is 3.38. The second-order valence-corrected chi connectivity index (χ2v) is 4.82. The van der Waals surface area contributed by atoms with Crippen molar-refractivity contribution in [1.29, 1.82) is 0 Å². The van der Waals surface area contributed by atoms with E-state index >= 15 is 0 Å². The van der Waals surface area contributed by atoms with Crippen molar-refractivity contribution in [2.45, 2.75) is 46.6 Å². The van der Waals surface area contributed by atoms with Crippen molar-refractivity contribution in [2.24, 2.45) is 5.92 Å². The fourth-order valence-corrected chi connectivity index (χ4v) is 2.34. The third-order valence-electron chi connectivity index (χ3n) is 3.80. The maximum atomic E-state index is 3.38. The molecule has 0 heterocycles. The highest BCUT2D eigenvalue weighted by atomic mass is 14.9. The summed E-state index contributed by atoms with van der Waals surface area (Å²) in [5.41, 5.74) is 4.40. The molecule has 2 atom stereocenters. The molecule has 0 saturated carbocycles. The molecule has 0 spiro atoms. The largest absolute Gasteiger partial charge is 0.317 e. The summed E-state index contributed by atoms with van der Waals surface area (Å²) in [6, 6.07) is 7.18. The third kappa shape index (κ3) is 3.08. The van der Waals surface area contributed by atoms with Gasteiger partial charge in [-0.3, -0.25) is 0 Å². The van der Waals surface area contributed by atoms with Crippen LogP contribution in [0.3, 0.4) is 0 Å². The van der Waals surface area contributed by atoms with Crippen LogP contribution >= 0.6 is 0 Å². The average Bonchev–Trinajstić information content (AvgIpc) is 2.28. The second-order valence-electron chi connectivity index (χ2n) is 4.82. The first kappa shape index (κ1) is 13.2. The summed E-state index contributed by atoms with van der Waals surface area (Å²) in [7, 11) is 2.05. The van der Waals surface area contributed by atoms with Gasteiger partial charge in [0.25, 0.3) is 0 Å². The van der Waals surface area contributed by atoms with Gasteiger partial charge in [-0.2, -0.15) is 0 Å².